The zero-order valence-corrected chi connectivity index (χ0v) is 11.9. The number of hydrogen-bond acceptors (Lipinski definition) is 3. The van der Waals surface area contributed by atoms with Crippen molar-refractivity contribution < 1.29 is 9.47 Å². The van der Waals surface area contributed by atoms with E-state index in [1.165, 1.54) is 10.8 Å². The molecule has 21 heavy (non-hydrogen) atoms. The number of ether oxygens (including phenoxy) is 2. The maximum absolute atomic E-state index is 5.86. The Morgan fingerprint density at radius 1 is 0.905 bits per heavy atom. The van der Waals surface area contributed by atoms with E-state index < -0.39 is 0 Å². The summed E-state index contributed by atoms with van der Waals surface area (Å²) in [7, 11) is 1.63. The van der Waals surface area contributed by atoms with Gasteiger partial charge in [-0.25, -0.2) is 0 Å². The van der Waals surface area contributed by atoms with E-state index >= 15 is 0 Å². The maximum Gasteiger partial charge on any atom is 0.127 e. The Morgan fingerprint density at radius 3 is 2.52 bits per heavy atom. The molecule has 0 radical (unpaired) electrons. The lowest BCUT2D eigenvalue weighted by Crippen LogP contribution is -1.99. The van der Waals surface area contributed by atoms with Crippen LogP contribution >= 0.6 is 0 Å². The molecule has 0 unspecified atom stereocenters. The van der Waals surface area contributed by atoms with Crippen molar-refractivity contribution >= 4 is 16.5 Å². The molecule has 0 aliphatic carbocycles. The van der Waals surface area contributed by atoms with Crippen molar-refractivity contribution in [3.05, 3.63) is 66.2 Å². The monoisotopic (exact) mass is 279 g/mol. The quantitative estimate of drug-likeness (QED) is 0.734. The number of rotatable bonds is 4. The Labute approximate surface area is 123 Å². The first-order chi connectivity index (χ1) is 10.3. The minimum atomic E-state index is 0.446. The van der Waals surface area contributed by atoms with Gasteiger partial charge in [-0.05, 0) is 35.0 Å². The second-order valence-electron chi connectivity index (χ2n) is 4.87. The van der Waals surface area contributed by atoms with Crippen molar-refractivity contribution in [1.29, 1.82) is 0 Å². The highest BCUT2D eigenvalue weighted by Gasteiger charge is 2.05. The van der Waals surface area contributed by atoms with Crippen molar-refractivity contribution in [2.75, 3.05) is 12.8 Å². The van der Waals surface area contributed by atoms with Crippen LogP contribution in [0.3, 0.4) is 0 Å². The van der Waals surface area contributed by atoms with Gasteiger partial charge in [-0.2, -0.15) is 0 Å². The molecular formula is C18H17NO2. The molecule has 0 bridgehead atoms. The first-order valence-electron chi connectivity index (χ1n) is 6.80. The van der Waals surface area contributed by atoms with Gasteiger partial charge in [0, 0.05) is 17.3 Å². The number of anilines is 1. The number of methoxy groups -OCH3 is 1. The average Bonchev–Trinajstić information content (AvgIpc) is 2.53. The zero-order valence-electron chi connectivity index (χ0n) is 11.9. The molecule has 3 aromatic rings. The molecular weight excluding hydrogens is 262 g/mol. The fourth-order valence-electron chi connectivity index (χ4n) is 2.30. The maximum atomic E-state index is 5.86. The van der Waals surface area contributed by atoms with Crippen LogP contribution in [0.2, 0.25) is 0 Å². The van der Waals surface area contributed by atoms with E-state index in [4.69, 9.17) is 15.2 Å². The highest BCUT2D eigenvalue weighted by Crippen LogP contribution is 2.25. The predicted octanol–water partition coefficient (Wildman–Crippen LogP) is 4.01. The average molecular weight is 279 g/mol. The van der Waals surface area contributed by atoms with Crippen LogP contribution < -0.4 is 15.2 Å². The first-order valence-corrected chi connectivity index (χ1v) is 6.80. The van der Waals surface area contributed by atoms with Crippen LogP contribution in [0.5, 0.6) is 11.5 Å². The zero-order chi connectivity index (χ0) is 14.7. The summed E-state index contributed by atoms with van der Waals surface area (Å²) in [6.45, 7) is 0.446. The van der Waals surface area contributed by atoms with Crippen LogP contribution in [0.4, 0.5) is 5.69 Å². The molecule has 0 aromatic heterocycles. The molecule has 0 saturated heterocycles. The number of nitrogen functional groups attached to an aromatic ring is 1. The largest absolute Gasteiger partial charge is 0.496 e. The van der Waals surface area contributed by atoms with E-state index in [2.05, 4.69) is 18.2 Å². The SMILES string of the molecule is COc1cc(N)ccc1COc1ccc2ccccc2c1. The van der Waals surface area contributed by atoms with Gasteiger partial charge in [-0.1, -0.05) is 30.3 Å². The number of benzene rings is 3. The molecule has 0 fully saturated rings. The van der Waals surface area contributed by atoms with E-state index in [1.807, 2.05) is 36.4 Å². The smallest absolute Gasteiger partial charge is 0.127 e. The van der Waals surface area contributed by atoms with Crippen molar-refractivity contribution in [2.45, 2.75) is 6.61 Å². The van der Waals surface area contributed by atoms with Crippen LogP contribution in [-0.4, -0.2) is 7.11 Å². The topological polar surface area (TPSA) is 44.5 Å². The third-order valence-electron chi connectivity index (χ3n) is 3.43. The van der Waals surface area contributed by atoms with Crippen LogP contribution in [0.1, 0.15) is 5.56 Å². The van der Waals surface area contributed by atoms with Crippen molar-refractivity contribution in [3.63, 3.8) is 0 Å². The van der Waals surface area contributed by atoms with Gasteiger partial charge >= 0.3 is 0 Å². The summed E-state index contributed by atoms with van der Waals surface area (Å²) in [5, 5.41) is 2.37. The van der Waals surface area contributed by atoms with Crippen molar-refractivity contribution in [3.8, 4) is 11.5 Å². The van der Waals surface area contributed by atoms with Gasteiger partial charge < -0.3 is 15.2 Å². The molecule has 0 saturated carbocycles. The number of fused-ring (bicyclic) bond motifs is 1. The van der Waals surface area contributed by atoms with Gasteiger partial charge in [-0.3, -0.25) is 0 Å². The minimum absolute atomic E-state index is 0.446. The lowest BCUT2D eigenvalue weighted by Gasteiger charge is -2.11. The second-order valence-corrected chi connectivity index (χ2v) is 4.87. The van der Waals surface area contributed by atoms with Crippen LogP contribution in [0, 0.1) is 0 Å². The summed E-state index contributed by atoms with van der Waals surface area (Å²) in [6, 6.07) is 19.9. The fraction of sp³-hybridized carbons (Fsp3) is 0.111. The molecule has 0 aliphatic rings. The molecule has 0 spiro atoms. The Hall–Kier alpha value is -2.68. The molecule has 3 nitrogen and oxygen atoms in total. The first kappa shape index (κ1) is 13.3. The van der Waals surface area contributed by atoms with Gasteiger partial charge in [0.1, 0.15) is 18.1 Å². The van der Waals surface area contributed by atoms with E-state index in [0.717, 1.165) is 17.1 Å². The van der Waals surface area contributed by atoms with Crippen molar-refractivity contribution in [1.82, 2.24) is 0 Å². The predicted molar refractivity (Wildman–Crippen MR) is 85.7 cm³/mol. The molecule has 3 heteroatoms. The van der Waals surface area contributed by atoms with Gasteiger partial charge in [0.15, 0.2) is 0 Å². The third kappa shape index (κ3) is 2.92. The van der Waals surface area contributed by atoms with E-state index in [-0.39, 0.29) is 0 Å². The Bertz CT molecular complexity index is 768. The summed E-state index contributed by atoms with van der Waals surface area (Å²) < 4.78 is 11.2. The molecule has 0 atom stereocenters. The molecule has 3 rings (SSSR count). The fourth-order valence-corrected chi connectivity index (χ4v) is 2.30. The highest BCUT2D eigenvalue weighted by atomic mass is 16.5. The molecule has 2 N–H and O–H groups in total. The molecule has 3 aromatic carbocycles. The van der Waals surface area contributed by atoms with Gasteiger partial charge in [0.05, 0.1) is 7.11 Å². The molecule has 106 valence electrons. The van der Waals surface area contributed by atoms with Gasteiger partial charge in [-0.15, -0.1) is 0 Å². The normalized spacial score (nSPS) is 10.5. The number of nitrogens with two attached hydrogens (primary N) is 1. The molecule has 0 heterocycles. The van der Waals surface area contributed by atoms with E-state index in [0.29, 0.717) is 12.3 Å². The summed E-state index contributed by atoms with van der Waals surface area (Å²) in [6.07, 6.45) is 0. The lowest BCUT2D eigenvalue weighted by atomic mass is 10.1. The Morgan fingerprint density at radius 2 is 1.71 bits per heavy atom. The van der Waals surface area contributed by atoms with Crippen LogP contribution in [-0.2, 0) is 6.61 Å². The summed E-state index contributed by atoms with van der Waals surface area (Å²) in [5.74, 6) is 1.59. The lowest BCUT2D eigenvalue weighted by molar-refractivity contribution is 0.297. The van der Waals surface area contributed by atoms with Gasteiger partial charge in [0.2, 0.25) is 0 Å². The Balaban J connectivity index is 1.80. The molecule has 0 amide bonds. The van der Waals surface area contributed by atoms with E-state index in [9.17, 15) is 0 Å². The Kier molecular flexibility index (Phi) is 3.65. The molecule has 0 aliphatic heterocycles. The summed E-state index contributed by atoms with van der Waals surface area (Å²) >= 11 is 0. The summed E-state index contributed by atoms with van der Waals surface area (Å²) in [5.41, 5.74) is 7.41. The van der Waals surface area contributed by atoms with E-state index in [1.54, 1.807) is 13.2 Å². The van der Waals surface area contributed by atoms with Crippen LogP contribution in [0.15, 0.2) is 60.7 Å². The number of hydrogen-bond donors (Lipinski definition) is 1. The third-order valence-corrected chi connectivity index (χ3v) is 3.43. The summed E-state index contributed by atoms with van der Waals surface area (Å²) in [4.78, 5) is 0. The second kappa shape index (κ2) is 5.75. The standard InChI is InChI=1S/C18H17NO2/c1-20-18-11-16(19)8-6-15(18)12-21-17-9-7-13-4-2-3-5-14(13)10-17/h2-11H,12,19H2,1H3. The highest BCUT2D eigenvalue weighted by molar-refractivity contribution is 5.83. The van der Waals surface area contributed by atoms with Crippen molar-refractivity contribution in [2.24, 2.45) is 0 Å². The minimum Gasteiger partial charge on any atom is -0.496 e. The van der Waals surface area contributed by atoms with Gasteiger partial charge in [0.25, 0.3) is 0 Å². The van der Waals surface area contributed by atoms with Crippen LogP contribution in [0.25, 0.3) is 10.8 Å².